The van der Waals surface area contributed by atoms with Crippen LogP contribution in [0.4, 0.5) is 34.1 Å². The van der Waals surface area contributed by atoms with Crippen LogP contribution in [0.2, 0.25) is 0 Å². The molecule has 2 spiro atoms. The molecule has 0 unspecified atom stereocenters. The molecular weight excluding hydrogens is 833 g/mol. The molecule has 10 aromatic carbocycles. The van der Waals surface area contributed by atoms with Crippen LogP contribution in [0, 0.1) is 0 Å². The standard InChI is InChI=1S/C63H38N2OS/c66-61-45-35-33-39(64-55-29-13-9-25-51(55)62(52-26-10-14-30-56(52)64)47-21-5-1-17-41(47)42-18-2-6-22-48(42)62)37-59(45)67-60-38-40(34-36-46(60)61)65-57-31-15-11-27-53(57)63(54-28-12-16-32-58(54)65)49-23-7-3-19-43(49)44-20-4-8-24-50(44)63/h1-38H. The fourth-order valence-electron chi connectivity index (χ4n) is 12.8. The van der Waals surface area contributed by atoms with Gasteiger partial charge in [0.1, 0.15) is 0 Å². The molecule has 0 N–H and O–H groups in total. The van der Waals surface area contributed by atoms with Gasteiger partial charge in [-0.05, 0) is 127 Å². The summed E-state index contributed by atoms with van der Waals surface area (Å²) in [7, 11) is 0. The lowest BCUT2D eigenvalue weighted by atomic mass is 9.64. The largest absolute Gasteiger partial charge is 0.310 e. The molecule has 4 heteroatoms. The van der Waals surface area contributed by atoms with Gasteiger partial charge < -0.3 is 9.80 Å². The molecular formula is C63H38N2OS. The zero-order valence-electron chi connectivity index (χ0n) is 36.2. The smallest absolute Gasteiger partial charge is 0.195 e. The molecule has 0 bridgehead atoms. The first kappa shape index (κ1) is 37.0. The van der Waals surface area contributed by atoms with Crippen LogP contribution in [-0.4, -0.2) is 0 Å². The van der Waals surface area contributed by atoms with Crippen molar-refractivity contribution >= 4 is 65.6 Å². The van der Waals surface area contributed by atoms with Crippen LogP contribution in [0.25, 0.3) is 42.4 Å². The highest BCUT2D eigenvalue weighted by molar-refractivity contribution is 7.24. The molecule has 0 fully saturated rings. The summed E-state index contributed by atoms with van der Waals surface area (Å²) in [6.07, 6.45) is 0. The molecule has 15 rings (SSSR count). The van der Waals surface area contributed by atoms with Gasteiger partial charge in [0, 0.05) is 31.5 Å². The third kappa shape index (κ3) is 4.58. The third-order valence-corrected chi connectivity index (χ3v) is 16.4. The Morgan fingerprint density at radius 1 is 0.299 bits per heavy atom. The van der Waals surface area contributed by atoms with Crippen LogP contribution in [-0.2, 0) is 10.8 Å². The first-order valence-corrected chi connectivity index (χ1v) is 23.9. The predicted molar refractivity (Wildman–Crippen MR) is 277 cm³/mol. The number of fused-ring (bicyclic) bond motifs is 20. The van der Waals surface area contributed by atoms with Crippen LogP contribution in [0.3, 0.4) is 0 Å². The Kier molecular flexibility index (Phi) is 7.39. The van der Waals surface area contributed by atoms with Crippen molar-refractivity contribution in [3.05, 3.63) is 285 Å². The van der Waals surface area contributed by atoms with E-state index < -0.39 is 10.8 Å². The van der Waals surface area contributed by atoms with E-state index in [9.17, 15) is 4.79 Å². The fraction of sp³-hybridized carbons (Fsp3) is 0.0317. The second-order valence-electron chi connectivity index (χ2n) is 18.2. The average Bonchev–Trinajstić information content (AvgIpc) is 3.85. The maximum atomic E-state index is 14.6. The summed E-state index contributed by atoms with van der Waals surface area (Å²) >= 11 is 1.69. The van der Waals surface area contributed by atoms with E-state index in [-0.39, 0.29) is 5.43 Å². The topological polar surface area (TPSA) is 23.6 Å². The van der Waals surface area contributed by atoms with Gasteiger partial charge in [0.25, 0.3) is 0 Å². The highest BCUT2D eigenvalue weighted by Gasteiger charge is 2.53. The first-order chi connectivity index (χ1) is 33.2. The number of hydrogen-bond donors (Lipinski definition) is 0. The lowest BCUT2D eigenvalue weighted by Gasteiger charge is -2.45. The highest BCUT2D eigenvalue weighted by Crippen LogP contribution is 2.65. The minimum atomic E-state index is -0.485. The number of hydrogen-bond acceptors (Lipinski definition) is 4. The van der Waals surface area contributed by atoms with Crippen LogP contribution in [0.1, 0.15) is 44.5 Å². The summed E-state index contributed by atoms with van der Waals surface area (Å²) in [6.45, 7) is 0. The second-order valence-corrected chi connectivity index (χ2v) is 19.3. The Labute approximate surface area is 391 Å². The molecule has 67 heavy (non-hydrogen) atoms. The van der Waals surface area contributed by atoms with Gasteiger partial charge in [-0.2, -0.15) is 0 Å². The van der Waals surface area contributed by atoms with E-state index in [4.69, 9.17) is 0 Å². The van der Waals surface area contributed by atoms with Crippen molar-refractivity contribution in [2.45, 2.75) is 10.8 Å². The number of benzene rings is 10. The van der Waals surface area contributed by atoms with Crippen molar-refractivity contribution in [3.63, 3.8) is 0 Å². The Morgan fingerprint density at radius 3 is 0.881 bits per heavy atom. The molecule has 1 aromatic heterocycles. The summed E-state index contributed by atoms with van der Waals surface area (Å²) in [5, 5.41) is 1.47. The SMILES string of the molecule is O=c1c2ccc(N3c4ccccc4C4(c5ccccc5-c5ccccc54)c4ccccc43)cc2sc2cc(N3c4ccccc4C4(c5ccccc5-c5ccccc54)c4ccccc43)ccc12. The second kappa shape index (κ2) is 13.4. The van der Waals surface area contributed by atoms with Gasteiger partial charge >= 0.3 is 0 Å². The van der Waals surface area contributed by atoms with Crippen LogP contribution in [0.15, 0.2) is 235 Å². The summed E-state index contributed by atoms with van der Waals surface area (Å²) in [4.78, 5) is 19.5. The van der Waals surface area contributed by atoms with Crippen molar-refractivity contribution in [2.75, 3.05) is 9.80 Å². The van der Waals surface area contributed by atoms with Crippen molar-refractivity contribution < 1.29 is 0 Å². The molecule has 11 aromatic rings. The van der Waals surface area contributed by atoms with Gasteiger partial charge in [-0.25, -0.2) is 0 Å². The fourth-order valence-corrected chi connectivity index (χ4v) is 13.9. The van der Waals surface area contributed by atoms with E-state index in [1.807, 2.05) is 12.1 Å². The van der Waals surface area contributed by atoms with Gasteiger partial charge in [-0.15, -0.1) is 11.3 Å². The first-order valence-electron chi connectivity index (χ1n) is 23.0. The zero-order valence-corrected chi connectivity index (χ0v) is 37.0. The molecule has 3 nitrogen and oxygen atoms in total. The number of rotatable bonds is 2. The monoisotopic (exact) mass is 870 g/mol. The van der Waals surface area contributed by atoms with Gasteiger partial charge in [0.05, 0.1) is 33.6 Å². The Morgan fingerprint density at radius 2 is 0.567 bits per heavy atom. The Bertz CT molecular complexity index is 3570. The normalized spacial score (nSPS) is 14.8. The van der Waals surface area contributed by atoms with E-state index in [2.05, 4.69) is 228 Å². The third-order valence-electron chi connectivity index (χ3n) is 15.3. The lowest BCUT2D eigenvalue weighted by Crippen LogP contribution is -2.36. The number of nitrogens with zero attached hydrogens (tertiary/aromatic N) is 2. The van der Waals surface area contributed by atoms with E-state index in [0.29, 0.717) is 0 Å². The van der Waals surface area contributed by atoms with Crippen molar-refractivity contribution in [2.24, 2.45) is 0 Å². The minimum absolute atomic E-state index is 0.0528. The van der Waals surface area contributed by atoms with Crippen molar-refractivity contribution in [1.29, 1.82) is 0 Å². The highest BCUT2D eigenvalue weighted by atomic mass is 32.1. The molecule has 2 aliphatic heterocycles. The van der Waals surface area contributed by atoms with Gasteiger partial charge in [0.2, 0.25) is 0 Å². The Hall–Kier alpha value is -8.31. The van der Waals surface area contributed by atoms with E-state index in [0.717, 1.165) is 54.3 Å². The summed E-state index contributed by atoms with van der Waals surface area (Å²) < 4.78 is 1.91. The molecule has 4 aliphatic rings. The lowest BCUT2D eigenvalue weighted by molar-refractivity contribution is 0.752. The van der Waals surface area contributed by atoms with Crippen LogP contribution in [0.5, 0.6) is 0 Å². The van der Waals surface area contributed by atoms with E-state index in [1.165, 1.54) is 66.8 Å². The minimum Gasteiger partial charge on any atom is -0.310 e. The summed E-state index contributed by atoms with van der Waals surface area (Å²) in [6, 6.07) is 84.1. The van der Waals surface area contributed by atoms with E-state index in [1.54, 1.807) is 11.3 Å². The Balaban J connectivity index is 0.911. The average molecular weight is 871 g/mol. The van der Waals surface area contributed by atoms with Gasteiger partial charge in [-0.3, -0.25) is 4.79 Å². The maximum Gasteiger partial charge on any atom is 0.195 e. The van der Waals surface area contributed by atoms with Crippen molar-refractivity contribution in [3.8, 4) is 22.3 Å². The predicted octanol–water partition coefficient (Wildman–Crippen LogP) is 15.7. The van der Waals surface area contributed by atoms with Crippen molar-refractivity contribution in [1.82, 2.24) is 0 Å². The molecule has 0 saturated heterocycles. The molecule has 0 radical (unpaired) electrons. The maximum absolute atomic E-state index is 14.6. The van der Waals surface area contributed by atoms with E-state index >= 15 is 0 Å². The molecule has 2 aliphatic carbocycles. The molecule has 0 saturated carbocycles. The molecule has 0 atom stereocenters. The van der Waals surface area contributed by atoms with Crippen LogP contribution < -0.4 is 15.2 Å². The quantitative estimate of drug-likeness (QED) is 0.162. The molecule has 3 heterocycles. The summed E-state index contributed by atoms with van der Waals surface area (Å²) in [5.41, 5.74) is 21.0. The van der Waals surface area contributed by atoms with Gasteiger partial charge in [-0.1, -0.05) is 170 Å². The molecule has 312 valence electrons. The number of anilines is 6. The molecule has 0 amide bonds. The summed E-state index contributed by atoms with van der Waals surface area (Å²) in [5.74, 6) is 0. The zero-order chi connectivity index (χ0) is 44.0. The van der Waals surface area contributed by atoms with Gasteiger partial charge in [0.15, 0.2) is 5.43 Å². The number of para-hydroxylation sites is 4. The van der Waals surface area contributed by atoms with Crippen LogP contribution >= 0.6 is 11.3 Å².